The molecule has 4 aromatic rings. The van der Waals surface area contributed by atoms with Crippen LogP contribution in [0.2, 0.25) is 0 Å². The predicted molar refractivity (Wildman–Crippen MR) is 115 cm³/mol. The van der Waals surface area contributed by atoms with Gasteiger partial charge in [0.2, 0.25) is 0 Å². The summed E-state index contributed by atoms with van der Waals surface area (Å²) >= 11 is 1.74. The number of nitrogens with zero attached hydrogens (tertiary/aromatic N) is 7. The van der Waals surface area contributed by atoms with Gasteiger partial charge in [-0.05, 0) is 30.7 Å². The molecular weight excluding hydrogens is 401 g/mol. The van der Waals surface area contributed by atoms with Crippen molar-refractivity contribution < 1.29 is 4.39 Å². The van der Waals surface area contributed by atoms with Gasteiger partial charge >= 0.3 is 0 Å². The van der Waals surface area contributed by atoms with E-state index in [-0.39, 0.29) is 5.82 Å². The van der Waals surface area contributed by atoms with E-state index in [1.54, 1.807) is 34.1 Å². The average Bonchev–Trinajstić information content (AvgIpc) is 3.41. The number of hydrogen-bond donors (Lipinski definition) is 0. The molecule has 4 heterocycles. The molecule has 0 unspecified atom stereocenters. The lowest BCUT2D eigenvalue weighted by Crippen LogP contribution is -2.46. The minimum atomic E-state index is -0.333. The highest BCUT2D eigenvalue weighted by molar-refractivity contribution is 7.09. The zero-order chi connectivity index (χ0) is 20.5. The topological polar surface area (TPSA) is 62.5 Å². The van der Waals surface area contributed by atoms with Gasteiger partial charge in [-0.15, -0.1) is 26.6 Å². The number of rotatable bonds is 5. The van der Waals surface area contributed by atoms with E-state index in [2.05, 4.69) is 37.3 Å². The van der Waals surface area contributed by atoms with Crippen molar-refractivity contribution in [1.82, 2.24) is 29.7 Å². The molecule has 0 amide bonds. The maximum atomic E-state index is 14.3. The number of fused-ring (bicyclic) bond motifs is 1. The standard InChI is InChI=1S/C21H22FN7S/c1-2-20-23-15(14-30-20)13-27-9-11-28(12-10-27)19-8-7-18-24-25-21(29(18)26-19)16-5-3-4-6-17(16)22/h3-8,14H,2,9-13H2,1H3. The van der Waals surface area contributed by atoms with Crippen LogP contribution in [-0.2, 0) is 13.0 Å². The van der Waals surface area contributed by atoms with E-state index in [1.165, 1.54) is 11.1 Å². The van der Waals surface area contributed by atoms with Gasteiger partial charge in [-0.3, -0.25) is 4.90 Å². The Bertz CT molecular complexity index is 1160. The van der Waals surface area contributed by atoms with Gasteiger partial charge in [0.25, 0.3) is 0 Å². The molecule has 30 heavy (non-hydrogen) atoms. The summed E-state index contributed by atoms with van der Waals surface area (Å²) in [6, 6.07) is 10.4. The van der Waals surface area contributed by atoms with Crippen LogP contribution in [0.1, 0.15) is 17.6 Å². The molecule has 154 valence electrons. The molecule has 7 nitrogen and oxygen atoms in total. The van der Waals surface area contributed by atoms with E-state index in [0.717, 1.165) is 50.7 Å². The summed E-state index contributed by atoms with van der Waals surface area (Å²) in [4.78, 5) is 9.35. The molecule has 1 saturated heterocycles. The Balaban J connectivity index is 1.32. The molecule has 1 aliphatic rings. The lowest BCUT2D eigenvalue weighted by Gasteiger charge is -2.34. The highest BCUT2D eigenvalue weighted by atomic mass is 32.1. The molecule has 9 heteroatoms. The van der Waals surface area contributed by atoms with Crippen LogP contribution in [0.5, 0.6) is 0 Å². The second-order valence-electron chi connectivity index (χ2n) is 7.31. The van der Waals surface area contributed by atoms with Gasteiger partial charge in [-0.1, -0.05) is 19.1 Å². The molecule has 1 aromatic carbocycles. The molecule has 3 aromatic heterocycles. The molecular formula is C21H22FN7S. The van der Waals surface area contributed by atoms with Crippen LogP contribution in [0.3, 0.4) is 0 Å². The van der Waals surface area contributed by atoms with Crippen molar-refractivity contribution in [2.45, 2.75) is 19.9 Å². The zero-order valence-corrected chi connectivity index (χ0v) is 17.5. The SMILES string of the molecule is CCc1nc(CN2CCN(c3ccc4nnc(-c5ccccc5F)n4n3)CC2)cs1. The lowest BCUT2D eigenvalue weighted by atomic mass is 10.2. The first-order chi connectivity index (χ1) is 14.7. The first-order valence-corrected chi connectivity index (χ1v) is 11.0. The first-order valence-electron chi connectivity index (χ1n) is 10.1. The molecule has 0 aliphatic carbocycles. The van der Waals surface area contributed by atoms with Crippen molar-refractivity contribution in [2.75, 3.05) is 31.1 Å². The minimum absolute atomic E-state index is 0.333. The number of hydrogen-bond acceptors (Lipinski definition) is 7. The highest BCUT2D eigenvalue weighted by Gasteiger charge is 2.21. The molecule has 0 atom stereocenters. The Morgan fingerprint density at radius 1 is 1.03 bits per heavy atom. The average molecular weight is 424 g/mol. The summed E-state index contributed by atoms with van der Waals surface area (Å²) in [5, 5.41) is 16.4. The number of aromatic nitrogens is 5. The fourth-order valence-corrected chi connectivity index (χ4v) is 4.44. The van der Waals surface area contributed by atoms with Crippen LogP contribution in [0.15, 0.2) is 41.8 Å². The number of halogens is 1. The third-order valence-electron chi connectivity index (χ3n) is 5.35. The summed E-state index contributed by atoms with van der Waals surface area (Å²) < 4.78 is 15.9. The molecule has 0 spiro atoms. The van der Waals surface area contributed by atoms with Crippen LogP contribution in [0.4, 0.5) is 10.2 Å². The lowest BCUT2D eigenvalue weighted by molar-refractivity contribution is 0.246. The normalized spacial score (nSPS) is 15.2. The van der Waals surface area contributed by atoms with Crippen LogP contribution in [0.25, 0.3) is 17.0 Å². The fourth-order valence-electron chi connectivity index (χ4n) is 3.71. The number of benzene rings is 1. The van der Waals surface area contributed by atoms with Crippen LogP contribution in [0, 0.1) is 5.82 Å². The third kappa shape index (κ3) is 3.66. The Morgan fingerprint density at radius 3 is 2.63 bits per heavy atom. The molecule has 0 saturated carbocycles. The summed E-state index contributed by atoms with van der Waals surface area (Å²) in [5.74, 6) is 0.932. The Hall–Kier alpha value is -2.91. The van der Waals surface area contributed by atoms with E-state index in [9.17, 15) is 4.39 Å². The van der Waals surface area contributed by atoms with Crippen molar-refractivity contribution in [3.05, 3.63) is 58.3 Å². The molecule has 1 aliphatic heterocycles. The first kappa shape index (κ1) is 19.1. The van der Waals surface area contributed by atoms with Crippen molar-refractivity contribution in [3.8, 4) is 11.4 Å². The highest BCUT2D eigenvalue weighted by Crippen LogP contribution is 2.23. The second kappa shape index (κ2) is 8.08. The second-order valence-corrected chi connectivity index (χ2v) is 8.26. The summed E-state index contributed by atoms with van der Waals surface area (Å²) in [7, 11) is 0. The van der Waals surface area contributed by atoms with Crippen LogP contribution < -0.4 is 4.90 Å². The van der Waals surface area contributed by atoms with Crippen molar-refractivity contribution in [2.24, 2.45) is 0 Å². The van der Waals surface area contributed by atoms with Gasteiger partial charge in [-0.2, -0.15) is 4.52 Å². The molecule has 0 radical (unpaired) electrons. The predicted octanol–water partition coefficient (Wildman–Crippen LogP) is 3.27. The van der Waals surface area contributed by atoms with E-state index < -0.39 is 0 Å². The Kier molecular flexibility index (Phi) is 5.14. The monoisotopic (exact) mass is 423 g/mol. The van der Waals surface area contributed by atoms with Crippen molar-refractivity contribution in [1.29, 1.82) is 0 Å². The number of anilines is 1. The molecule has 0 N–H and O–H groups in total. The number of aryl methyl sites for hydroxylation is 1. The van der Waals surface area contributed by atoms with E-state index in [4.69, 9.17) is 5.10 Å². The van der Waals surface area contributed by atoms with Crippen LogP contribution >= 0.6 is 11.3 Å². The quantitative estimate of drug-likeness (QED) is 0.491. The molecule has 1 fully saturated rings. The maximum absolute atomic E-state index is 14.3. The van der Waals surface area contributed by atoms with Gasteiger partial charge in [0.1, 0.15) is 11.6 Å². The van der Waals surface area contributed by atoms with Gasteiger partial charge in [0.05, 0.1) is 16.3 Å². The minimum Gasteiger partial charge on any atom is -0.353 e. The molecule has 0 bridgehead atoms. The van der Waals surface area contributed by atoms with Gasteiger partial charge < -0.3 is 4.90 Å². The van der Waals surface area contributed by atoms with E-state index >= 15 is 0 Å². The zero-order valence-electron chi connectivity index (χ0n) is 16.7. The Morgan fingerprint density at radius 2 is 1.87 bits per heavy atom. The van der Waals surface area contributed by atoms with Gasteiger partial charge in [0.15, 0.2) is 11.5 Å². The number of piperazine rings is 1. The van der Waals surface area contributed by atoms with E-state index in [1.807, 2.05) is 12.1 Å². The largest absolute Gasteiger partial charge is 0.353 e. The van der Waals surface area contributed by atoms with Crippen molar-refractivity contribution in [3.63, 3.8) is 0 Å². The van der Waals surface area contributed by atoms with E-state index in [0.29, 0.717) is 17.0 Å². The van der Waals surface area contributed by atoms with Crippen molar-refractivity contribution >= 4 is 22.8 Å². The Labute approximate surface area is 177 Å². The summed E-state index contributed by atoms with van der Waals surface area (Å²) in [6.45, 7) is 6.67. The third-order valence-corrected chi connectivity index (χ3v) is 6.39. The smallest absolute Gasteiger partial charge is 0.188 e. The summed E-state index contributed by atoms with van der Waals surface area (Å²) in [6.07, 6.45) is 0.991. The van der Waals surface area contributed by atoms with Crippen LogP contribution in [-0.4, -0.2) is 55.9 Å². The number of thiazole rings is 1. The summed E-state index contributed by atoms with van der Waals surface area (Å²) in [5.41, 5.74) is 2.16. The van der Waals surface area contributed by atoms with Gasteiger partial charge in [-0.25, -0.2) is 9.37 Å². The molecule has 5 rings (SSSR count). The fraction of sp³-hybridized carbons (Fsp3) is 0.333. The van der Waals surface area contributed by atoms with Gasteiger partial charge in [0, 0.05) is 38.1 Å². The maximum Gasteiger partial charge on any atom is 0.188 e.